The Morgan fingerprint density at radius 3 is 2.60 bits per heavy atom. The van der Waals surface area contributed by atoms with Gasteiger partial charge in [-0.05, 0) is 68.1 Å². The van der Waals surface area contributed by atoms with Crippen molar-refractivity contribution in [1.82, 2.24) is 9.97 Å². The van der Waals surface area contributed by atoms with Gasteiger partial charge < -0.3 is 24.9 Å². The summed E-state index contributed by atoms with van der Waals surface area (Å²) in [4.78, 5) is 21.4. The van der Waals surface area contributed by atoms with E-state index in [1.165, 1.54) is 0 Å². The molecule has 0 bridgehead atoms. The summed E-state index contributed by atoms with van der Waals surface area (Å²) in [6.07, 6.45) is 5.02. The molecular formula is C28H29N3O4. The van der Waals surface area contributed by atoms with Crippen LogP contribution in [0, 0.1) is 13.8 Å². The van der Waals surface area contributed by atoms with Gasteiger partial charge in [-0.1, -0.05) is 18.2 Å². The number of anilines is 1. The van der Waals surface area contributed by atoms with Crippen molar-refractivity contribution >= 4 is 22.5 Å². The number of hydrogen-bond donors (Lipinski definition) is 3. The standard InChI is InChI=1S/C28H29N3O4/c1-17-12-22(35-20-6-4-3-5-7-20)13-18(2)25(17)27(33)23-14-30-28-26(23)24(10-11-29-28)31-19-8-9-21(15-32)34-16-19/h3-7,10-14,19,21,32H,8-9,15-16H2,1-2H3,(H2,29,30,31)/t19-,21+/m1/s1. The molecule has 2 atom stereocenters. The number of carbonyl (C=O) groups is 1. The molecule has 0 unspecified atom stereocenters. The number of ketones is 1. The highest BCUT2D eigenvalue weighted by molar-refractivity contribution is 6.19. The summed E-state index contributed by atoms with van der Waals surface area (Å²) in [6.45, 7) is 4.41. The first kappa shape index (κ1) is 23.1. The third kappa shape index (κ3) is 4.78. The van der Waals surface area contributed by atoms with Crippen molar-refractivity contribution in [2.24, 2.45) is 0 Å². The quantitative estimate of drug-likeness (QED) is 0.323. The van der Waals surface area contributed by atoms with Gasteiger partial charge in [0, 0.05) is 29.7 Å². The SMILES string of the molecule is Cc1cc(Oc2ccccc2)cc(C)c1C(=O)c1c[nH]c2nccc(N[C@@H]3CC[C@@H](CO)OC3)c12. The van der Waals surface area contributed by atoms with Crippen LogP contribution in [-0.4, -0.2) is 46.2 Å². The monoisotopic (exact) mass is 471 g/mol. The van der Waals surface area contributed by atoms with Crippen LogP contribution in [0.5, 0.6) is 11.5 Å². The number of nitrogens with zero attached hydrogens (tertiary/aromatic N) is 1. The highest BCUT2D eigenvalue weighted by atomic mass is 16.5. The molecule has 0 saturated carbocycles. The number of aromatic amines is 1. The molecule has 5 rings (SSSR count). The number of carbonyl (C=O) groups excluding carboxylic acids is 1. The van der Waals surface area contributed by atoms with Crippen LogP contribution in [0.3, 0.4) is 0 Å². The molecule has 1 saturated heterocycles. The van der Waals surface area contributed by atoms with Crippen LogP contribution in [0.4, 0.5) is 5.69 Å². The molecule has 1 fully saturated rings. The number of aliphatic hydroxyl groups is 1. The van der Waals surface area contributed by atoms with E-state index >= 15 is 0 Å². The topological polar surface area (TPSA) is 96.5 Å². The minimum Gasteiger partial charge on any atom is -0.457 e. The molecule has 1 aliphatic heterocycles. The Balaban J connectivity index is 1.44. The van der Waals surface area contributed by atoms with Crippen LogP contribution in [0.1, 0.15) is 39.9 Å². The largest absolute Gasteiger partial charge is 0.457 e. The maximum absolute atomic E-state index is 13.8. The van der Waals surface area contributed by atoms with Crippen molar-refractivity contribution in [2.45, 2.75) is 38.8 Å². The number of aromatic nitrogens is 2. The predicted molar refractivity (Wildman–Crippen MR) is 135 cm³/mol. The van der Waals surface area contributed by atoms with Gasteiger partial charge >= 0.3 is 0 Å². The van der Waals surface area contributed by atoms with Gasteiger partial charge in [0.05, 0.1) is 30.3 Å². The Morgan fingerprint density at radius 1 is 1.14 bits per heavy atom. The molecule has 4 aromatic rings. The van der Waals surface area contributed by atoms with E-state index in [-0.39, 0.29) is 24.5 Å². The highest BCUT2D eigenvalue weighted by Gasteiger charge is 2.24. The molecule has 7 heteroatoms. The van der Waals surface area contributed by atoms with Gasteiger partial charge in [-0.3, -0.25) is 4.79 Å². The number of aliphatic hydroxyl groups excluding tert-OH is 1. The molecule has 3 heterocycles. The number of pyridine rings is 1. The van der Waals surface area contributed by atoms with Crippen LogP contribution >= 0.6 is 0 Å². The maximum Gasteiger partial charge on any atom is 0.195 e. The summed E-state index contributed by atoms with van der Waals surface area (Å²) < 4.78 is 11.7. The van der Waals surface area contributed by atoms with Gasteiger partial charge in [-0.2, -0.15) is 0 Å². The van der Waals surface area contributed by atoms with Gasteiger partial charge in [0.1, 0.15) is 17.1 Å². The summed E-state index contributed by atoms with van der Waals surface area (Å²) in [6, 6.07) is 15.4. The Hall–Kier alpha value is -3.68. The Kier molecular flexibility index (Phi) is 6.53. The summed E-state index contributed by atoms with van der Waals surface area (Å²) in [5.41, 5.74) is 4.43. The molecular weight excluding hydrogens is 442 g/mol. The third-order valence-electron chi connectivity index (χ3n) is 6.46. The number of aryl methyl sites for hydroxylation is 2. The minimum absolute atomic E-state index is 0.0383. The van der Waals surface area contributed by atoms with Crippen molar-refractivity contribution in [1.29, 1.82) is 0 Å². The van der Waals surface area contributed by atoms with E-state index in [9.17, 15) is 9.90 Å². The zero-order valence-corrected chi connectivity index (χ0v) is 19.9. The molecule has 0 amide bonds. The fourth-order valence-corrected chi connectivity index (χ4v) is 4.74. The molecule has 180 valence electrons. The fraction of sp³-hybridized carbons (Fsp3) is 0.286. The highest BCUT2D eigenvalue weighted by Crippen LogP contribution is 2.32. The van der Waals surface area contributed by atoms with Gasteiger partial charge in [0.25, 0.3) is 0 Å². The summed E-state index contributed by atoms with van der Waals surface area (Å²) in [5.74, 6) is 1.39. The van der Waals surface area contributed by atoms with Gasteiger partial charge in [0.2, 0.25) is 0 Å². The first-order chi connectivity index (χ1) is 17.0. The number of ether oxygens (including phenoxy) is 2. The number of rotatable bonds is 7. The number of fused-ring (bicyclic) bond motifs is 1. The summed E-state index contributed by atoms with van der Waals surface area (Å²) in [5, 5.41) is 13.6. The van der Waals surface area contributed by atoms with Crippen LogP contribution in [0.2, 0.25) is 0 Å². The molecule has 3 N–H and O–H groups in total. The van der Waals surface area contributed by atoms with E-state index < -0.39 is 0 Å². The zero-order chi connectivity index (χ0) is 24.4. The Bertz CT molecular complexity index is 1320. The smallest absolute Gasteiger partial charge is 0.195 e. The van der Waals surface area contributed by atoms with E-state index in [0.717, 1.165) is 40.8 Å². The molecule has 35 heavy (non-hydrogen) atoms. The van der Waals surface area contributed by atoms with Crippen molar-refractivity contribution in [2.75, 3.05) is 18.5 Å². The van der Waals surface area contributed by atoms with Crippen LogP contribution in [0.25, 0.3) is 11.0 Å². The first-order valence-electron chi connectivity index (χ1n) is 11.9. The van der Waals surface area contributed by atoms with Crippen molar-refractivity contribution in [3.8, 4) is 11.5 Å². The molecule has 0 spiro atoms. The molecule has 7 nitrogen and oxygen atoms in total. The number of hydrogen-bond acceptors (Lipinski definition) is 6. The van der Waals surface area contributed by atoms with Crippen LogP contribution < -0.4 is 10.1 Å². The summed E-state index contributed by atoms with van der Waals surface area (Å²) >= 11 is 0. The van der Waals surface area contributed by atoms with E-state index in [1.807, 2.05) is 62.4 Å². The first-order valence-corrected chi connectivity index (χ1v) is 11.9. The van der Waals surface area contributed by atoms with E-state index in [2.05, 4.69) is 15.3 Å². The number of benzene rings is 2. The second kappa shape index (κ2) is 9.90. The summed E-state index contributed by atoms with van der Waals surface area (Å²) in [7, 11) is 0. The predicted octanol–water partition coefficient (Wildman–Crippen LogP) is 5.15. The molecule has 0 aliphatic carbocycles. The Labute approximate surface area is 204 Å². The van der Waals surface area contributed by atoms with Crippen molar-refractivity contribution in [3.05, 3.63) is 83.2 Å². The average molecular weight is 472 g/mol. The molecule has 2 aromatic heterocycles. The van der Waals surface area contributed by atoms with E-state index in [1.54, 1.807) is 12.4 Å². The number of para-hydroxylation sites is 1. The normalized spacial score (nSPS) is 17.9. The van der Waals surface area contributed by atoms with Gasteiger partial charge in [-0.15, -0.1) is 0 Å². The fourth-order valence-electron chi connectivity index (χ4n) is 4.74. The molecule has 1 aliphatic rings. The zero-order valence-electron chi connectivity index (χ0n) is 19.9. The van der Waals surface area contributed by atoms with Gasteiger partial charge in [-0.25, -0.2) is 4.98 Å². The van der Waals surface area contributed by atoms with Crippen LogP contribution in [0.15, 0.2) is 60.9 Å². The second-order valence-electron chi connectivity index (χ2n) is 9.02. The van der Waals surface area contributed by atoms with Crippen molar-refractivity contribution < 1.29 is 19.4 Å². The Morgan fingerprint density at radius 2 is 1.91 bits per heavy atom. The third-order valence-corrected chi connectivity index (χ3v) is 6.46. The molecule has 0 radical (unpaired) electrons. The van der Waals surface area contributed by atoms with Crippen LogP contribution in [-0.2, 0) is 4.74 Å². The molecule has 2 aromatic carbocycles. The lowest BCUT2D eigenvalue weighted by molar-refractivity contribution is -0.0223. The van der Waals surface area contributed by atoms with Crippen molar-refractivity contribution in [3.63, 3.8) is 0 Å². The lowest BCUT2D eigenvalue weighted by Gasteiger charge is -2.29. The average Bonchev–Trinajstić information content (AvgIpc) is 3.30. The lowest BCUT2D eigenvalue weighted by atomic mass is 9.94. The number of H-pyrrole nitrogens is 1. The van der Waals surface area contributed by atoms with E-state index in [4.69, 9.17) is 9.47 Å². The second-order valence-corrected chi connectivity index (χ2v) is 9.02. The maximum atomic E-state index is 13.8. The van der Waals surface area contributed by atoms with Gasteiger partial charge in [0.15, 0.2) is 5.78 Å². The minimum atomic E-state index is -0.102. The van der Waals surface area contributed by atoms with E-state index in [0.29, 0.717) is 29.1 Å². The lowest BCUT2D eigenvalue weighted by Crippen LogP contribution is -2.36. The number of nitrogens with one attached hydrogen (secondary N) is 2.